The Morgan fingerprint density at radius 2 is 1.82 bits per heavy atom. The van der Waals surface area contributed by atoms with Crippen molar-refractivity contribution < 1.29 is 28.6 Å². The number of methoxy groups -OCH3 is 1. The lowest BCUT2D eigenvalue weighted by Gasteiger charge is -2.11. The Morgan fingerprint density at radius 1 is 1.06 bits per heavy atom. The summed E-state index contributed by atoms with van der Waals surface area (Å²) < 4.78 is 24.0. The Kier molecular flexibility index (Phi) is 8.21. The van der Waals surface area contributed by atoms with Gasteiger partial charge >= 0.3 is 0 Å². The van der Waals surface area contributed by atoms with Crippen LogP contribution in [-0.4, -0.2) is 48.6 Å². The summed E-state index contributed by atoms with van der Waals surface area (Å²) in [4.78, 5) is 29.4. The SMILES string of the molecule is COc1ccc(C(=O)CNC(=O)c2ccc(OCCO)c(Cl)c2)nc1-c1ccc(F)c(Cl)c1. The summed E-state index contributed by atoms with van der Waals surface area (Å²) in [5.74, 6) is -0.847. The van der Waals surface area contributed by atoms with Crippen LogP contribution in [0.3, 0.4) is 0 Å². The van der Waals surface area contributed by atoms with E-state index in [0.717, 1.165) is 0 Å². The molecular weight excluding hydrogens is 474 g/mol. The molecule has 0 bridgehead atoms. The number of pyridine rings is 1. The Hall–Kier alpha value is -3.20. The number of nitrogens with zero attached hydrogens (tertiary/aromatic N) is 1. The number of halogens is 3. The highest BCUT2D eigenvalue weighted by Crippen LogP contribution is 2.31. The molecule has 1 aromatic heterocycles. The molecule has 0 aliphatic heterocycles. The highest BCUT2D eigenvalue weighted by Gasteiger charge is 2.17. The molecule has 0 aliphatic carbocycles. The molecule has 0 aliphatic rings. The van der Waals surface area contributed by atoms with Crippen LogP contribution in [0.15, 0.2) is 48.5 Å². The number of nitrogens with one attached hydrogen (secondary N) is 1. The average Bonchev–Trinajstić information content (AvgIpc) is 2.82. The molecule has 33 heavy (non-hydrogen) atoms. The molecule has 172 valence electrons. The van der Waals surface area contributed by atoms with Crippen molar-refractivity contribution in [3.8, 4) is 22.8 Å². The summed E-state index contributed by atoms with van der Waals surface area (Å²) in [6, 6.07) is 11.5. The third-order valence-electron chi connectivity index (χ3n) is 4.51. The molecule has 2 aromatic carbocycles. The minimum absolute atomic E-state index is 0.0702. The van der Waals surface area contributed by atoms with E-state index < -0.39 is 17.5 Å². The highest BCUT2D eigenvalue weighted by atomic mass is 35.5. The normalized spacial score (nSPS) is 10.6. The zero-order chi connectivity index (χ0) is 24.0. The van der Waals surface area contributed by atoms with Gasteiger partial charge in [-0.1, -0.05) is 23.2 Å². The van der Waals surface area contributed by atoms with Crippen molar-refractivity contribution in [1.29, 1.82) is 0 Å². The van der Waals surface area contributed by atoms with Gasteiger partial charge in [-0.3, -0.25) is 9.59 Å². The predicted octanol–water partition coefficient (Wildman–Crippen LogP) is 4.19. The lowest BCUT2D eigenvalue weighted by atomic mass is 10.1. The maximum absolute atomic E-state index is 13.5. The molecule has 0 saturated heterocycles. The minimum atomic E-state index is -0.581. The molecule has 0 unspecified atom stereocenters. The van der Waals surface area contributed by atoms with Gasteiger partial charge in [0.15, 0.2) is 5.78 Å². The Balaban J connectivity index is 1.73. The van der Waals surface area contributed by atoms with E-state index in [2.05, 4.69) is 10.3 Å². The van der Waals surface area contributed by atoms with Crippen molar-refractivity contribution in [1.82, 2.24) is 10.3 Å². The summed E-state index contributed by atoms with van der Waals surface area (Å²) >= 11 is 11.9. The molecule has 3 aromatic rings. The van der Waals surface area contributed by atoms with Gasteiger partial charge < -0.3 is 19.9 Å². The number of ketones is 1. The zero-order valence-corrected chi connectivity index (χ0v) is 18.9. The van der Waals surface area contributed by atoms with Crippen LogP contribution in [0.2, 0.25) is 10.0 Å². The number of aliphatic hydroxyl groups is 1. The lowest BCUT2D eigenvalue weighted by molar-refractivity contribution is 0.0902. The number of hydrogen-bond donors (Lipinski definition) is 2. The molecule has 0 spiro atoms. The lowest BCUT2D eigenvalue weighted by Crippen LogP contribution is -2.30. The third-order valence-corrected chi connectivity index (χ3v) is 5.09. The number of carbonyl (C=O) groups excluding carboxylic acids is 2. The Bertz CT molecular complexity index is 1190. The first-order valence-corrected chi connectivity index (χ1v) is 10.4. The fourth-order valence-corrected chi connectivity index (χ4v) is 3.30. The number of amides is 1. The summed E-state index contributed by atoms with van der Waals surface area (Å²) in [7, 11) is 1.44. The van der Waals surface area contributed by atoms with Crippen LogP contribution in [0.5, 0.6) is 11.5 Å². The van der Waals surface area contributed by atoms with Gasteiger partial charge in [-0.15, -0.1) is 0 Å². The van der Waals surface area contributed by atoms with Crippen LogP contribution in [-0.2, 0) is 0 Å². The van der Waals surface area contributed by atoms with Gasteiger partial charge in [0, 0.05) is 11.1 Å². The average molecular weight is 493 g/mol. The second-order valence-electron chi connectivity index (χ2n) is 6.70. The van der Waals surface area contributed by atoms with Crippen molar-refractivity contribution in [3.63, 3.8) is 0 Å². The van der Waals surface area contributed by atoms with Gasteiger partial charge in [-0.25, -0.2) is 9.37 Å². The van der Waals surface area contributed by atoms with Gasteiger partial charge in [0.05, 0.1) is 30.3 Å². The first-order valence-electron chi connectivity index (χ1n) is 9.69. The Morgan fingerprint density at radius 3 is 2.48 bits per heavy atom. The van der Waals surface area contributed by atoms with Crippen LogP contribution in [0.4, 0.5) is 4.39 Å². The van der Waals surface area contributed by atoms with Gasteiger partial charge in [0.2, 0.25) is 0 Å². The van der Waals surface area contributed by atoms with Crippen molar-refractivity contribution in [3.05, 3.63) is 75.7 Å². The maximum Gasteiger partial charge on any atom is 0.251 e. The van der Waals surface area contributed by atoms with Gasteiger partial charge in [0.1, 0.15) is 35.3 Å². The fourth-order valence-electron chi connectivity index (χ4n) is 2.88. The van der Waals surface area contributed by atoms with Gasteiger partial charge in [-0.05, 0) is 48.5 Å². The number of hydrogen-bond acceptors (Lipinski definition) is 6. The minimum Gasteiger partial charge on any atom is -0.494 e. The summed E-state index contributed by atoms with van der Waals surface area (Å²) in [5, 5.41) is 11.4. The Labute approximate surface area is 199 Å². The molecule has 3 rings (SSSR count). The van der Waals surface area contributed by atoms with E-state index in [1.807, 2.05) is 0 Å². The number of benzene rings is 2. The van der Waals surface area contributed by atoms with Crippen LogP contribution in [0.25, 0.3) is 11.3 Å². The van der Waals surface area contributed by atoms with E-state index in [0.29, 0.717) is 22.8 Å². The fraction of sp³-hybridized carbons (Fsp3) is 0.174. The number of rotatable bonds is 9. The monoisotopic (exact) mass is 492 g/mol. The standard InChI is InChI=1S/C23H19Cl2FN2O5/c1-32-21-7-5-18(28-22(21)13-2-4-17(26)15(24)10-13)19(30)12-27-23(31)14-3-6-20(16(25)11-14)33-9-8-29/h2-7,10-11,29H,8-9,12H2,1H3,(H,27,31). The van der Waals surface area contributed by atoms with E-state index in [4.69, 9.17) is 37.8 Å². The van der Waals surface area contributed by atoms with Crippen molar-refractivity contribution in [2.45, 2.75) is 0 Å². The second kappa shape index (κ2) is 11.1. The molecule has 0 fully saturated rings. The smallest absolute Gasteiger partial charge is 0.251 e. The third kappa shape index (κ3) is 5.98. The van der Waals surface area contributed by atoms with Gasteiger partial charge in [-0.2, -0.15) is 0 Å². The van der Waals surface area contributed by atoms with Crippen molar-refractivity contribution in [2.75, 3.05) is 26.9 Å². The van der Waals surface area contributed by atoms with Crippen LogP contribution in [0, 0.1) is 5.82 Å². The first-order chi connectivity index (χ1) is 15.8. The number of ether oxygens (including phenoxy) is 2. The molecule has 1 amide bonds. The molecule has 7 nitrogen and oxygen atoms in total. The second-order valence-corrected chi connectivity index (χ2v) is 7.51. The van der Waals surface area contributed by atoms with E-state index in [1.54, 1.807) is 6.07 Å². The molecule has 0 saturated carbocycles. The number of carbonyl (C=O) groups is 2. The first kappa shape index (κ1) is 24.4. The highest BCUT2D eigenvalue weighted by molar-refractivity contribution is 6.32. The van der Waals surface area contributed by atoms with E-state index in [1.165, 1.54) is 49.6 Å². The van der Waals surface area contributed by atoms with Crippen LogP contribution >= 0.6 is 23.2 Å². The van der Waals surface area contributed by atoms with E-state index in [9.17, 15) is 14.0 Å². The molecule has 0 radical (unpaired) electrons. The maximum atomic E-state index is 13.5. The predicted molar refractivity (Wildman–Crippen MR) is 122 cm³/mol. The number of Topliss-reactive ketones (excluding diaryl/α,β-unsaturated/α-hetero) is 1. The molecule has 0 atom stereocenters. The number of aliphatic hydroxyl groups excluding tert-OH is 1. The zero-order valence-electron chi connectivity index (χ0n) is 17.4. The molecule has 10 heteroatoms. The van der Waals surface area contributed by atoms with E-state index in [-0.39, 0.29) is 41.1 Å². The summed E-state index contributed by atoms with van der Waals surface area (Å²) in [5.41, 5.74) is 1.09. The molecule has 1 heterocycles. The largest absolute Gasteiger partial charge is 0.494 e. The summed E-state index contributed by atoms with van der Waals surface area (Å²) in [6.45, 7) is -0.418. The van der Waals surface area contributed by atoms with Gasteiger partial charge in [0.25, 0.3) is 5.91 Å². The summed E-state index contributed by atoms with van der Waals surface area (Å²) in [6.07, 6.45) is 0. The quantitative estimate of drug-likeness (QED) is 0.434. The van der Waals surface area contributed by atoms with Crippen LogP contribution in [0.1, 0.15) is 20.8 Å². The van der Waals surface area contributed by atoms with E-state index >= 15 is 0 Å². The molecule has 2 N–H and O–H groups in total. The van der Waals surface area contributed by atoms with Crippen molar-refractivity contribution in [2.24, 2.45) is 0 Å². The van der Waals surface area contributed by atoms with Crippen LogP contribution < -0.4 is 14.8 Å². The van der Waals surface area contributed by atoms with Crippen molar-refractivity contribution >= 4 is 34.9 Å². The number of aromatic nitrogens is 1. The molecular formula is C23H19Cl2FN2O5. The topological polar surface area (TPSA) is 97.8 Å².